The molecule has 0 N–H and O–H groups in total. The zero-order valence-electron chi connectivity index (χ0n) is 17.4. The Hall–Kier alpha value is -3.80. The van der Waals surface area contributed by atoms with Crippen LogP contribution in [0.25, 0.3) is 0 Å². The van der Waals surface area contributed by atoms with Crippen LogP contribution >= 0.6 is 0 Å². The highest BCUT2D eigenvalue weighted by molar-refractivity contribution is 5.92. The Morgan fingerprint density at radius 2 is 1.13 bits per heavy atom. The Kier molecular flexibility index (Phi) is 7.65. The fourth-order valence-corrected chi connectivity index (χ4v) is 2.63. The monoisotopic (exact) mass is 420 g/mol. The highest BCUT2D eigenvalue weighted by Gasteiger charge is 2.12. The van der Waals surface area contributed by atoms with E-state index in [-0.39, 0.29) is 6.10 Å². The number of ether oxygens (including phenoxy) is 4. The molecule has 0 atom stereocenters. The summed E-state index contributed by atoms with van der Waals surface area (Å²) in [6.45, 7) is 4.35. The van der Waals surface area contributed by atoms with Crippen LogP contribution in [0.15, 0.2) is 78.9 Å². The van der Waals surface area contributed by atoms with Gasteiger partial charge in [0, 0.05) is 0 Å². The molecule has 0 fully saturated rings. The minimum absolute atomic E-state index is 0.201. The molecule has 0 aliphatic rings. The first-order valence-electron chi connectivity index (χ1n) is 9.95. The van der Waals surface area contributed by atoms with Crippen molar-refractivity contribution in [3.05, 3.63) is 90.0 Å². The molecule has 0 radical (unpaired) electrons. The van der Waals surface area contributed by atoms with Crippen LogP contribution in [0, 0.1) is 0 Å². The zero-order chi connectivity index (χ0) is 22.1. The lowest BCUT2D eigenvalue weighted by atomic mass is 10.2. The predicted molar refractivity (Wildman–Crippen MR) is 116 cm³/mol. The fourth-order valence-electron chi connectivity index (χ4n) is 2.63. The molecule has 0 unspecified atom stereocenters. The van der Waals surface area contributed by atoms with Crippen LogP contribution in [0.3, 0.4) is 0 Å². The first kappa shape index (κ1) is 21.9. The summed E-state index contributed by atoms with van der Waals surface area (Å²) < 4.78 is 21.7. The largest absolute Gasteiger partial charge is 0.490 e. The number of carbonyl (C=O) groups excluding carboxylic acids is 2. The molecule has 6 nitrogen and oxygen atoms in total. The van der Waals surface area contributed by atoms with Crippen LogP contribution in [0.1, 0.15) is 34.6 Å². The highest BCUT2D eigenvalue weighted by Crippen LogP contribution is 2.17. The van der Waals surface area contributed by atoms with Gasteiger partial charge in [0.2, 0.25) is 0 Å². The maximum absolute atomic E-state index is 12.3. The molecule has 3 aromatic carbocycles. The third-order valence-electron chi connectivity index (χ3n) is 4.10. The van der Waals surface area contributed by atoms with Crippen molar-refractivity contribution in [1.82, 2.24) is 0 Å². The number of para-hydroxylation sites is 1. The van der Waals surface area contributed by atoms with Gasteiger partial charge in [0.05, 0.1) is 17.2 Å². The lowest BCUT2D eigenvalue weighted by Gasteiger charge is -2.10. The van der Waals surface area contributed by atoms with Gasteiger partial charge in [-0.25, -0.2) is 9.59 Å². The van der Waals surface area contributed by atoms with Crippen molar-refractivity contribution in [3.63, 3.8) is 0 Å². The van der Waals surface area contributed by atoms with E-state index in [2.05, 4.69) is 0 Å². The molecular formula is C25H24O6. The molecular weight excluding hydrogens is 396 g/mol. The first-order valence-corrected chi connectivity index (χ1v) is 9.95. The van der Waals surface area contributed by atoms with Crippen molar-refractivity contribution >= 4 is 11.9 Å². The van der Waals surface area contributed by atoms with E-state index < -0.39 is 11.9 Å². The highest BCUT2D eigenvalue weighted by atomic mass is 16.5. The van der Waals surface area contributed by atoms with Crippen molar-refractivity contribution in [2.24, 2.45) is 0 Å². The van der Waals surface area contributed by atoms with Gasteiger partial charge >= 0.3 is 11.9 Å². The number of rotatable bonds is 9. The molecule has 160 valence electrons. The summed E-state index contributed by atoms with van der Waals surface area (Å²) in [5, 5.41) is 0. The summed E-state index contributed by atoms with van der Waals surface area (Å²) >= 11 is 0. The Balaban J connectivity index is 1.47. The van der Waals surface area contributed by atoms with Crippen molar-refractivity contribution in [2.75, 3.05) is 13.2 Å². The van der Waals surface area contributed by atoms with Gasteiger partial charge in [0.1, 0.15) is 30.5 Å². The molecule has 3 rings (SSSR count). The summed E-state index contributed by atoms with van der Waals surface area (Å²) in [6.07, 6.45) is -0.201. The van der Waals surface area contributed by atoms with Crippen molar-refractivity contribution in [1.29, 1.82) is 0 Å². The van der Waals surface area contributed by atoms with E-state index in [9.17, 15) is 9.59 Å². The average molecular weight is 420 g/mol. The van der Waals surface area contributed by atoms with Crippen molar-refractivity contribution < 1.29 is 28.5 Å². The van der Waals surface area contributed by atoms with Crippen molar-refractivity contribution in [2.45, 2.75) is 20.0 Å². The Morgan fingerprint density at radius 1 is 0.645 bits per heavy atom. The van der Waals surface area contributed by atoms with Gasteiger partial charge in [0.15, 0.2) is 0 Å². The smallest absolute Gasteiger partial charge is 0.343 e. The maximum Gasteiger partial charge on any atom is 0.343 e. The molecule has 0 aliphatic heterocycles. The second-order valence-corrected chi connectivity index (χ2v) is 6.90. The molecule has 0 bridgehead atoms. The third kappa shape index (κ3) is 6.89. The second-order valence-electron chi connectivity index (χ2n) is 6.90. The Morgan fingerprint density at radius 3 is 1.68 bits per heavy atom. The first-order chi connectivity index (χ1) is 15.0. The SMILES string of the molecule is CC(C)OC(=O)c1ccc(OC(=O)c2ccc(OCCOc3ccccc3)cc2)cc1. The number of carbonyl (C=O) groups is 2. The summed E-state index contributed by atoms with van der Waals surface area (Å²) in [4.78, 5) is 24.2. The van der Waals surface area contributed by atoms with Crippen molar-refractivity contribution in [3.8, 4) is 17.2 Å². The lowest BCUT2D eigenvalue weighted by molar-refractivity contribution is 0.0378. The van der Waals surface area contributed by atoms with E-state index in [1.165, 1.54) is 0 Å². The third-order valence-corrected chi connectivity index (χ3v) is 4.10. The summed E-state index contributed by atoms with van der Waals surface area (Å²) in [5.74, 6) is 0.828. The lowest BCUT2D eigenvalue weighted by Crippen LogP contribution is -2.12. The minimum Gasteiger partial charge on any atom is -0.490 e. The molecule has 0 saturated carbocycles. The summed E-state index contributed by atoms with van der Waals surface area (Å²) in [5.41, 5.74) is 0.780. The quantitative estimate of drug-likeness (QED) is 0.278. The molecule has 6 heteroatoms. The van der Waals surface area contributed by atoms with Gasteiger partial charge < -0.3 is 18.9 Å². The van der Waals surface area contributed by atoms with Gasteiger partial charge in [-0.1, -0.05) is 18.2 Å². The Labute approximate surface area is 181 Å². The van der Waals surface area contributed by atoms with E-state index in [4.69, 9.17) is 18.9 Å². The van der Waals surface area contributed by atoms with E-state index in [0.717, 1.165) is 5.75 Å². The average Bonchev–Trinajstić information content (AvgIpc) is 2.78. The zero-order valence-corrected chi connectivity index (χ0v) is 17.4. The maximum atomic E-state index is 12.3. The summed E-state index contributed by atoms with van der Waals surface area (Å²) in [6, 6.07) is 22.4. The van der Waals surface area contributed by atoms with Crippen LogP contribution in [-0.4, -0.2) is 31.3 Å². The van der Waals surface area contributed by atoms with Gasteiger partial charge in [0.25, 0.3) is 0 Å². The van der Waals surface area contributed by atoms with E-state index >= 15 is 0 Å². The van der Waals surface area contributed by atoms with Crippen LogP contribution in [0.2, 0.25) is 0 Å². The minimum atomic E-state index is -0.503. The van der Waals surface area contributed by atoms with Gasteiger partial charge in [-0.2, -0.15) is 0 Å². The van der Waals surface area contributed by atoms with E-state index in [0.29, 0.717) is 35.8 Å². The van der Waals surface area contributed by atoms with Gasteiger partial charge in [-0.15, -0.1) is 0 Å². The van der Waals surface area contributed by atoms with Crippen LogP contribution in [0.4, 0.5) is 0 Å². The van der Waals surface area contributed by atoms with E-state index in [1.54, 1.807) is 62.4 Å². The van der Waals surface area contributed by atoms with Gasteiger partial charge in [-0.05, 0) is 74.5 Å². The number of esters is 2. The molecule has 0 saturated heterocycles. The molecule has 0 aromatic heterocycles. The van der Waals surface area contributed by atoms with Crippen LogP contribution in [-0.2, 0) is 4.74 Å². The van der Waals surface area contributed by atoms with Crippen LogP contribution < -0.4 is 14.2 Å². The predicted octanol–water partition coefficient (Wildman–Crippen LogP) is 4.93. The number of hydrogen-bond acceptors (Lipinski definition) is 6. The van der Waals surface area contributed by atoms with Crippen LogP contribution in [0.5, 0.6) is 17.2 Å². The topological polar surface area (TPSA) is 71.1 Å². The van der Waals surface area contributed by atoms with E-state index in [1.807, 2.05) is 30.3 Å². The molecule has 0 aliphatic carbocycles. The Bertz CT molecular complexity index is 979. The molecule has 0 spiro atoms. The summed E-state index contributed by atoms with van der Waals surface area (Å²) in [7, 11) is 0. The van der Waals surface area contributed by atoms with Gasteiger partial charge in [-0.3, -0.25) is 0 Å². The molecule has 3 aromatic rings. The standard InChI is InChI=1S/C25H24O6/c1-18(2)30-24(26)19-10-14-23(15-11-19)31-25(27)20-8-12-22(13-9-20)29-17-16-28-21-6-4-3-5-7-21/h3-15,18H,16-17H2,1-2H3. The second kappa shape index (κ2) is 10.8. The molecule has 31 heavy (non-hydrogen) atoms. The molecule has 0 amide bonds. The fraction of sp³-hybridized carbons (Fsp3) is 0.200. The number of hydrogen-bond donors (Lipinski definition) is 0. The number of benzene rings is 3. The normalized spacial score (nSPS) is 10.4. The molecule has 0 heterocycles.